The summed E-state index contributed by atoms with van der Waals surface area (Å²) in [6.45, 7) is 7.94. The number of aldehydes is 1. The lowest BCUT2D eigenvalue weighted by atomic mass is 9.91. The molecule has 3 heterocycles. The van der Waals surface area contributed by atoms with Gasteiger partial charge in [-0.1, -0.05) is 35.5 Å². The molecule has 0 radical (unpaired) electrons. The second-order valence-electron chi connectivity index (χ2n) is 9.22. The first kappa shape index (κ1) is 23.3. The topological polar surface area (TPSA) is 94.5 Å². The molecule has 1 saturated heterocycles. The number of aromatic nitrogens is 3. The average molecular weight is 495 g/mol. The Kier molecular flexibility index (Phi) is 6.12. The first-order valence-corrected chi connectivity index (χ1v) is 12.3. The highest BCUT2D eigenvalue weighted by Crippen LogP contribution is 2.36. The molecule has 0 N–H and O–H groups in total. The Morgan fingerprint density at radius 3 is 2.35 bits per heavy atom. The lowest BCUT2D eigenvalue weighted by molar-refractivity contribution is 0.0297. The van der Waals surface area contributed by atoms with Gasteiger partial charge in [0, 0.05) is 29.8 Å². The monoisotopic (exact) mass is 494 g/mol. The van der Waals surface area contributed by atoms with Crippen molar-refractivity contribution < 1.29 is 18.5 Å². The molecule has 0 atom stereocenters. The molecule has 8 heteroatoms. The van der Waals surface area contributed by atoms with Gasteiger partial charge < -0.3 is 13.7 Å². The molecule has 0 unspecified atom stereocenters. The number of nitrogens with zero attached hydrogens (tertiary/aromatic N) is 4. The van der Waals surface area contributed by atoms with E-state index in [-0.39, 0.29) is 0 Å². The molecular weight excluding hydrogens is 468 g/mol. The van der Waals surface area contributed by atoms with Crippen LogP contribution in [0, 0.1) is 13.8 Å². The normalized spacial score (nSPS) is 14.3. The van der Waals surface area contributed by atoms with Crippen LogP contribution in [0.15, 0.2) is 63.5 Å². The van der Waals surface area contributed by atoms with Crippen LogP contribution in [-0.2, 0) is 11.3 Å². The van der Waals surface area contributed by atoms with Gasteiger partial charge in [-0.3, -0.25) is 9.69 Å². The van der Waals surface area contributed by atoms with Crippen LogP contribution in [0.4, 0.5) is 0 Å². The molecule has 0 aliphatic carbocycles. The molecule has 186 valence electrons. The summed E-state index contributed by atoms with van der Waals surface area (Å²) in [5.74, 6) is 1.71. The average Bonchev–Trinajstić information content (AvgIpc) is 3.56. The van der Waals surface area contributed by atoms with Gasteiger partial charge in [-0.25, -0.2) is 4.98 Å². The van der Waals surface area contributed by atoms with Crippen molar-refractivity contribution in [2.75, 3.05) is 26.3 Å². The highest BCUT2D eigenvalue weighted by atomic mass is 16.5. The maximum Gasteiger partial charge on any atom is 0.241 e. The number of carbonyl (C=O) groups is 1. The number of benzene rings is 3. The first-order chi connectivity index (χ1) is 18.1. The van der Waals surface area contributed by atoms with Crippen LogP contribution in [0.25, 0.3) is 45.1 Å². The lowest BCUT2D eigenvalue weighted by Crippen LogP contribution is -2.35. The Morgan fingerprint density at radius 1 is 0.892 bits per heavy atom. The third-order valence-electron chi connectivity index (χ3n) is 6.91. The highest BCUT2D eigenvalue weighted by molar-refractivity contribution is 5.86. The van der Waals surface area contributed by atoms with Gasteiger partial charge in [-0.05, 0) is 60.4 Å². The number of ether oxygens (including phenoxy) is 1. The SMILES string of the molecule is Cc1c(-c2noc(CN3CCOCC3)n2)cccc1-c1cccc(-c2nc3cc(C=O)ccc3o2)c1C. The Labute approximate surface area is 213 Å². The number of rotatable bonds is 6. The number of carbonyl (C=O) groups excluding carboxylic acids is 1. The van der Waals surface area contributed by atoms with Crippen LogP contribution in [-0.4, -0.2) is 52.6 Å². The smallest absolute Gasteiger partial charge is 0.241 e. The maximum absolute atomic E-state index is 11.2. The van der Waals surface area contributed by atoms with E-state index in [4.69, 9.17) is 13.7 Å². The maximum atomic E-state index is 11.2. The molecule has 3 aromatic carbocycles. The standard InChI is InChI=1S/C29H26N4O4/c1-18-21(5-3-7-23(18)28-31-27(37-32-28)16-33-11-13-35-14-12-33)22-6-4-8-24(19(22)2)29-30-25-15-20(17-34)9-10-26(25)36-29/h3-10,15,17H,11-14,16H2,1-2H3. The van der Waals surface area contributed by atoms with E-state index < -0.39 is 0 Å². The van der Waals surface area contributed by atoms with Crippen molar-refractivity contribution in [3.63, 3.8) is 0 Å². The van der Waals surface area contributed by atoms with Crippen molar-refractivity contribution in [1.29, 1.82) is 0 Å². The predicted octanol–water partition coefficient (Wildman–Crippen LogP) is 5.47. The molecule has 37 heavy (non-hydrogen) atoms. The van der Waals surface area contributed by atoms with E-state index in [1.807, 2.05) is 24.3 Å². The summed E-state index contributed by atoms with van der Waals surface area (Å²) in [6, 6.07) is 17.5. The van der Waals surface area contributed by atoms with Crippen molar-refractivity contribution in [2.45, 2.75) is 20.4 Å². The Bertz CT molecular complexity index is 1600. The second-order valence-corrected chi connectivity index (χ2v) is 9.22. The van der Waals surface area contributed by atoms with Crippen LogP contribution >= 0.6 is 0 Å². The molecule has 5 aromatic rings. The molecule has 8 nitrogen and oxygen atoms in total. The molecule has 1 aliphatic heterocycles. The van der Waals surface area contributed by atoms with E-state index in [0.717, 1.165) is 66.0 Å². The molecule has 0 amide bonds. The molecule has 1 aliphatic rings. The minimum Gasteiger partial charge on any atom is -0.436 e. The number of morpholine rings is 1. The lowest BCUT2D eigenvalue weighted by Gasteiger charge is -2.24. The van der Waals surface area contributed by atoms with Gasteiger partial charge in [-0.15, -0.1) is 0 Å². The van der Waals surface area contributed by atoms with Gasteiger partial charge in [0.1, 0.15) is 11.8 Å². The Morgan fingerprint density at radius 2 is 1.59 bits per heavy atom. The summed E-state index contributed by atoms with van der Waals surface area (Å²) in [7, 11) is 0. The third kappa shape index (κ3) is 4.45. The Balaban J connectivity index is 1.34. The van der Waals surface area contributed by atoms with E-state index in [2.05, 4.69) is 46.0 Å². The van der Waals surface area contributed by atoms with Gasteiger partial charge in [0.25, 0.3) is 0 Å². The fourth-order valence-electron chi connectivity index (χ4n) is 4.84. The van der Waals surface area contributed by atoms with Crippen molar-refractivity contribution in [1.82, 2.24) is 20.0 Å². The number of fused-ring (bicyclic) bond motifs is 1. The molecule has 6 rings (SSSR count). The van der Waals surface area contributed by atoms with Crippen LogP contribution in [0.2, 0.25) is 0 Å². The van der Waals surface area contributed by atoms with Gasteiger partial charge in [-0.2, -0.15) is 4.98 Å². The summed E-state index contributed by atoms with van der Waals surface area (Å²) in [6.07, 6.45) is 0.810. The molecule has 0 saturated carbocycles. The molecule has 1 fully saturated rings. The molecule has 0 bridgehead atoms. The van der Waals surface area contributed by atoms with E-state index >= 15 is 0 Å². The molecular formula is C29H26N4O4. The summed E-state index contributed by atoms with van der Waals surface area (Å²) < 4.78 is 17.0. The van der Waals surface area contributed by atoms with Crippen molar-refractivity contribution in [3.8, 4) is 34.0 Å². The van der Waals surface area contributed by atoms with Gasteiger partial charge in [0.05, 0.1) is 19.8 Å². The minimum absolute atomic E-state index is 0.525. The first-order valence-electron chi connectivity index (χ1n) is 12.3. The third-order valence-corrected chi connectivity index (χ3v) is 6.91. The fraction of sp³-hybridized carbons (Fsp3) is 0.241. The molecule has 0 spiro atoms. The van der Waals surface area contributed by atoms with Crippen molar-refractivity contribution in [3.05, 3.63) is 77.2 Å². The van der Waals surface area contributed by atoms with Crippen molar-refractivity contribution >= 4 is 17.4 Å². The quantitative estimate of drug-likeness (QED) is 0.287. The zero-order valence-corrected chi connectivity index (χ0v) is 20.7. The number of hydrogen-bond donors (Lipinski definition) is 0. The number of hydrogen-bond acceptors (Lipinski definition) is 8. The van der Waals surface area contributed by atoms with E-state index in [0.29, 0.717) is 40.8 Å². The highest BCUT2D eigenvalue weighted by Gasteiger charge is 2.19. The Hall–Kier alpha value is -4.14. The van der Waals surface area contributed by atoms with Crippen LogP contribution in [0.5, 0.6) is 0 Å². The fourth-order valence-corrected chi connectivity index (χ4v) is 4.84. The molecule has 2 aromatic heterocycles. The number of oxazole rings is 1. The largest absolute Gasteiger partial charge is 0.436 e. The van der Waals surface area contributed by atoms with E-state index in [1.54, 1.807) is 18.2 Å². The summed E-state index contributed by atoms with van der Waals surface area (Å²) in [5, 5.41) is 4.28. The minimum atomic E-state index is 0.525. The predicted molar refractivity (Wildman–Crippen MR) is 139 cm³/mol. The van der Waals surface area contributed by atoms with Crippen LogP contribution in [0.1, 0.15) is 27.4 Å². The van der Waals surface area contributed by atoms with Crippen LogP contribution < -0.4 is 0 Å². The van der Waals surface area contributed by atoms with E-state index in [9.17, 15) is 4.79 Å². The van der Waals surface area contributed by atoms with Crippen LogP contribution in [0.3, 0.4) is 0 Å². The van der Waals surface area contributed by atoms with Gasteiger partial charge >= 0.3 is 0 Å². The summed E-state index contributed by atoms with van der Waals surface area (Å²) in [5.41, 5.74) is 7.98. The second kappa shape index (κ2) is 9.72. The van der Waals surface area contributed by atoms with E-state index in [1.165, 1.54) is 0 Å². The summed E-state index contributed by atoms with van der Waals surface area (Å²) >= 11 is 0. The zero-order valence-electron chi connectivity index (χ0n) is 20.7. The van der Waals surface area contributed by atoms with Gasteiger partial charge in [0.2, 0.25) is 17.6 Å². The zero-order chi connectivity index (χ0) is 25.4. The summed E-state index contributed by atoms with van der Waals surface area (Å²) in [4.78, 5) is 22.8. The van der Waals surface area contributed by atoms with Gasteiger partial charge in [0.15, 0.2) is 5.58 Å². The van der Waals surface area contributed by atoms with Crippen molar-refractivity contribution in [2.24, 2.45) is 0 Å².